The van der Waals surface area contributed by atoms with Crippen LogP contribution in [0.5, 0.6) is 0 Å². The third-order valence-electron chi connectivity index (χ3n) is 4.10. The summed E-state index contributed by atoms with van der Waals surface area (Å²) in [4.78, 5) is 11.9. The van der Waals surface area contributed by atoms with E-state index in [1.807, 2.05) is 0 Å². The Bertz CT molecular complexity index is 322. The van der Waals surface area contributed by atoms with Gasteiger partial charge in [0.15, 0.2) is 0 Å². The molecule has 0 aromatic heterocycles. The first kappa shape index (κ1) is 13.6. The summed E-state index contributed by atoms with van der Waals surface area (Å²) in [5.74, 6) is 0.540. The number of hydrogen-bond donors (Lipinski definition) is 0. The molecule has 0 radical (unpaired) electrons. The minimum absolute atomic E-state index is 0.0491. The Morgan fingerprint density at radius 2 is 1.94 bits per heavy atom. The van der Waals surface area contributed by atoms with Crippen LogP contribution in [0, 0.1) is 5.92 Å². The Hall–Kier alpha value is -0.830. The van der Waals surface area contributed by atoms with Gasteiger partial charge in [0.2, 0.25) is 0 Å². The fourth-order valence-corrected chi connectivity index (χ4v) is 3.03. The zero-order chi connectivity index (χ0) is 13.0. The Morgan fingerprint density at radius 1 is 1.22 bits per heavy atom. The molecule has 2 rings (SSSR count). The van der Waals surface area contributed by atoms with E-state index in [1.165, 1.54) is 18.4 Å². The molecule has 0 bridgehead atoms. The highest BCUT2D eigenvalue weighted by atomic mass is 16.6. The van der Waals surface area contributed by atoms with E-state index in [-0.39, 0.29) is 18.2 Å². The minimum atomic E-state index is -0.173. The molecule has 0 saturated heterocycles. The van der Waals surface area contributed by atoms with Crippen LogP contribution < -0.4 is 0 Å². The van der Waals surface area contributed by atoms with E-state index in [4.69, 9.17) is 9.47 Å². The van der Waals surface area contributed by atoms with Crippen molar-refractivity contribution in [2.45, 2.75) is 64.1 Å². The van der Waals surface area contributed by atoms with Crippen LogP contribution in [0.2, 0.25) is 0 Å². The van der Waals surface area contributed by atoms with Gasteiger partial charge in [0.05, 0.1) is 6.10 Å². The number of carbonyl (C=O) groups excluding carboxylic acids is 1. The molecule has 3 atom stereocenters. The number of hydrogen-bond acceptors (Lipinski definition) is 3. The molecule has 2 fully saturated rings. The molecule has 0 spiro atoms. The number of esters is 1. The fraction of sp³-hybridized carbons (Fsp3) is 0.800. The lowest BCUT2D eigenvalue weighted by Gasteiger charge is -2.29. The average molecular weight is 252 g/mol. The van der Waals surface area contributed by atoms with Gasteiger partial charge in [-0.25, -0.2) is 4.79 Å². The Kier molecular flexibility index (Phi) is 4.81. The summed E-state index contributed by atoms with van der Waals surface area (Å²) in [7, 11) is 1.70. The van der Waals surface area contributed by atoms with Gasteiger partial charge in [-0.3, -0.25) is 0 Å². The second-order valence-corrected chi connectivity index (χ2v) is 5.68. The van der Waals surface area contributed by atoms with Crippen LogP contribution in [0.3, 0.4) is 0 Å². The first-order valence-corrected chi connectivity index (χ1v) is 7.12. The van der Waals surface area contributed by atoms with Crippen molar-refractivity contribution in [1.82, 2.24) is 0 Å². The summed E-state index contributed by atoms with van der Waals surface area (Å²) in [6, 6.07) is 0. The van der Waals surface area contributed by atoms with Gasteiger partial charge in [0.1, 0.15) is 6.10 Å². The van der Waals surface area contributed by atoms with Gasteiger partial charge in [0, 0.05) is 13.2 Å². The summed E-state index contributed by atoms with van der Waals surface area (Å²) >= 11 is 0. The molecule has 3 nitrogen and oxygen atoms in total. The van der Waals surface area contributed by atoms with Crippen molar-refractivity contribution < 1.29 is 14.3 Å². The van der Waals surface area contributed by atoms with Crippen LogP contribution in [0.25, 0.3) is 0 Å². The van der Waals surface area contributed by atoms with Gasteiger partial charge < -0.3 is 9.47 Å². The molecule has 0 N–H and O–H groups in total. The highest BCUT2D eigenvalue weighted by Crippen LogP contribution is 2.30. The fourth-order valence-electron chi connectivity index (χ4n) is 3.03. The lowest BCUT2D eigenvalue weighted by atomic mass is 9.94. The van der Waals surface area contributed by atoms with E-state index in [2.05, 4.69) is 6.92 Å². The van der Waals surface area contributed by atoms with Crippen LogP contribution in [-0.2, 0) is 14.3 Å². The van der Waals surface area contributed by atoms with Gasteiger partial charge in [-0.1, -0.05) is 18.9 Å². The largest absolute Gasteiger partial charge is 0.456 e. The summed E-state index contributed by atoms with van der Waals surface area (Å²) < 4.78 is 10.9. The molecular weight excluding hydrogens is 228 g/mol. The summed E-state index contributed by atoms with van der Waals surface area (Å²) in [5.41, 5.74) is 1.25. The molecule has 0 amide bonds. The van der Waals surface area contributed by atoms with Crippen molar-refractivity contribution in [2.75, 3.05) is 7.11 Å². The van der Waals surface area contributed by atoms with Gasteiger partial charge in [-0.15, -0.1) is 0 Å². The van der Waals surface area contributed by atoms with Crippen LogP contribution in [0.4, 0.5) is 0 Å². The average Bonchev–Trinajstić information content (AvgIpc) is 2.75. The maximum absolute atomic E-state index is 11.9. The zero-order valence-corrected chi connectivity index (χ0v) is 11.5. The Morgan fingerprint density at radius 3 is 2.56 bits per heavy atom. The monoisotopic (exact) mass is 252 g/mol. The predicted octanol–water partition coefficient (Wildman–Crippen LogP) is 3.23. The topological polar surface area (TPSA) is 35.5 Å². The van der Waals surface area contributed by atoms with Crippen molar-refractivity contribution in [1.29, 1.82) is 0 Å². The van der Waals surface area contributed by atoms with Gasteiger partial charge >= 0.3 is 5.97 Å². The first-order valence-electron chi connectivity index (χ1n) is 7.12. The maximum atomic E-state index is 11.9. The number of allylic oxidation sites excluding steroid dienone is 1. The number of methoxy groups -OCH3 is 1. The van der Waals surface area contributed by atoms with Crippen molar-refractivity contribution in [3.05, 3.63) is 11.6 Å². The molecule has 3 unspecified atom stereocenters. The molecule has 0 heterocycles. The molecule has 102 valence electrons. The predicted molar refractivity (Wildman–Crippen MR) is 70.2 cm³/mol. The van der Waals surface area contributed by atoms with E-state index in [0.717, 1.165) is 32.1 Å². The summed E-state index contributed by atoms with van der Waals surface area (Å²) in [6.45, 7) is 2.23. The molecular formula is C15H24O3. The van der Waals surface area contributed by atoms with Gasteiger partial charge in [-0.05, 0) is 44.4 Å². The molecule has 2 saturated carbocycles. The van der Waals surface area contributed by atoms with E-state index >= 15 is 0 Å². The molecule has 0 aliphatic heterocycles. The Labute approximate surface area is 110 Å². The van der Waals surface area contributed by atoms with Crippen molar-refractivity contribution in [3.63, 3.8) is 0 Å². The molecule has 2 aliphatic rings. The van der Waals surface area contributed by atoms with E-state index < -0.39 is 0 Å². The highest BCUT2D eigenvalue weighted by molar-refractivity contribution is 5.83. The van der Waals surface area contributed by atoms with Crippen LogP contribution in [0.15, 0.2) is 11.6 Å². The maximum Gasteiger partial charge on any atom is 0.331 e. The molecule has 0 aromatic rings. The minimum Gasteiger partial charge on any atom is -0.456 e. The second-order valence-electron chi connectivity index (χ2n) is 5.68. The van der Waals surface area contributed by atoms with Gasteiger partial charge in [-0.2, -0.15) is 0 Å². The number of rotatable bonds is 3. The van der Waals surface area contributed by atoms with E-state index in [0.29, 0.717) is 5.92 Å². The smallest absolute Gasteiger partial charge is 0.331 e. The lowest BCUT2D eigenvalue weighted by molar-refractivity contribution is -0.153. The van der Waals surface area contributed by atoms with Crippen LogP contribution >= 0.6 is 0 Å². The normalized spacial score (nSPS) is 34.8. The second kappa shape index (κ2) is 6.37. The van der Waals surface area contributed by atoms with Crippen LogP contribution in [0.1, 0.15) is 51.9 Å². The quantitative estimate of drug-likeness (QED) is 0.571. The SMILES string of the molecule is COC1CCCCC1OC(=O)C=C1CCC(C)C1. The van der Waals surface area contributed by atoms with Crippen molar-refractivity contribution in [2.24, 2.45) is 5.92 Å². The lowest BCUT2D eigenvalue weighted by Crippen LogP contribution is -2.35. The standard InChI is InChI=1S/C15H24O3/c1-11-7-8-12(9-11)10-15(16)18-14-6-4-3-5-13(14)17-2/h10-11,13-14H,3-9H2,1-2H3. The van der Waals surface area contributed by atoms with E-state index in [1.54, 1.807) is 13.2 Å². The zero-order valence-electron chi connectivity index (χ0n) is 11.5. The third kappa shape index (κ3) is 3.58. The molecule has 0 aromatic carbocycles. The van der Waals surface area contributed by atoms with Gasteiger partial charge in [0.25, 0.3) is 0 Å². The van der Waals surface area contributed by atoms with Crippen molar-refractivity contribution in [3.8, 4) is 0 Å². The number of ether oxygens (including phenoxy) is 2. The highest BCUT2D eigenvalue weighted by Gasteiger charge is 2.28. The molecule has 3 heteroatoms. The first-order chi connectivity index (χ1) is 8.69. The van der Waals surface area contributed by atoms with Crippen LogP contribution in [-0.4, -0.2) is 25.3 Å². The summed E-state index contributed by atoms with van der Waals surface area (Å²) in [6.07, 6.45) is 9.29. The summed E-state index contributed by atoms with van der Waals surface area (Å²) in [5, 5.41) is 0. The number of carbonyl (C=O) groups is 1. The molecule has 2 aliphatic carbocycles. The Balaban J connectivity index is 1.86. The van der Waals surface area contributed by atoms with Crippen molar-refractivity contribution >= 4 is 5.97 Å². The van der Waals surface area contributed by atoms with E-state index in [9.17, 15) is 4.79 Å². The third-order valence-corrected chi connectivity index (χ3v) is 4.10. The molecule has 18 heavy (non-hydrogen) atoms.